The highest BCUT2D eigenvalue weighted by molar-refractivity contribution is 5.95. The lowest BCUT2D eigenvalue weighted by Gasteiger charge is -2.22. The molecule has 0 bridgehead atoms. The summed E-state index contributed by atoms with van der Waals surface area (Å²) >= 11 is 0. The first-order valence-electron chi connectivity index (χ1n) is 20.1. The van der Waals surface area contributed by atoms with E-state index < -0.39 is 0 Å². The van der Waals surface area contributed by atoms with Gasteiger partial charge in [-0.2, -0.15) is 0 Å². The van der Waals surface area contributed by atoms with Gasteiger partial charge in [-0.15, -0.1) is 0 Å². The highest BCUT2D eigenvalue weighted by Crippen LogP contribution is 2.41. The molecule has 3 aliphatic rings. The first-order chi connectivity index (χ1) is 28.2. The van der Waals surface area contributed by atoms with E-state index in [1.165, 1.54) is 38.9 Å². The lowest BCUT2D eigenvalue weighted by molar-refractivity contribution is 0.557. The molecule has 0 spiro atoms. The number of benzene rings is 5. The Bertz CT molecular complexity index is 3040. The van der Waals surface area contributed by atoms with Crippen LogP contribution in [-0.4, -0.2) is 14.5 Å². The number of allylic oxidation sites excluding steroid dienone is 5. The minimum Gasteiger partial charge on any atom is -0.456 e. The summed E-state index contributed by atoms with van der Waals surface area (Å²) in [6.45, 7) is 2.26. The molecule has 4 nitrogen and oxygen atoms in total. The van der Waals surface area contributed by atoms with E-state index in [4.69, 9.17) is 14.4 Å². The van der Waals surface area contributed by atoms with E-state index >= 15 is 0 Å². The number of furan rings is 1. The van der Waals surface area contributed by atoms with Gasteiger partial charge in [-0.1, -0.05) is 153 Å². The highest BCUT2D eigenvalue weighted by Gasteiger charge is 2.28. The van der Waals surface area contributed by atoms with Crippen LogP contribution >= 0.6 is 0 Å². The first-order valence-corrected chi connectivity index (χ1v) is 20.1. The van der Waals surface area contributed by atoms with E-state index in [2.05, 4.69) is 187 Å². The molecule has 0 aliphatic heterocycles. The van der Waals surface area contributed by atoms with Crippen molar-refractivity contribution < 1.29 is 4.42 Å². The van der Waals surface area contributed by atoms with E-state index in [0.29, 0.717) is 11.8 Å². The van der Waals surface area contributed by atoms with Crippen LogP contribution in [0.5, 0.6) is 0 Å². The summed E-state index contributed by atoms with van der Waals surface area (Å²) in [5, 5.41) is 3.52. The van der Waals surface area contributed by atoms with Crippen molar-refractivity contribution in [3.8, 4) is 33.8 Å². The van der Waals surface area contributed by atoms with Gasteiger partial charge in [-0.05, 0) is 77.4 Å². The third-order valence-corrected chi connectivity index (χ3v) is 12.2. The molecule has 4 unspecified atom stereocenters. The molecule has 3 heterocycles. The monoisotopic (exact) mass is 735 g/mol. The lowest BCUT2D eigenvalue weighted by Crippen LogP contribution is -2.27. The number of aromatic nitrogens is 3. The molecular weight excluding hydrogens is 695 g/mol. The van der Waals surface area contributed by atoms with Crippen molar-refractivity contribution in [2.24, 2.45) is 5.92 Å². The Labute approximate surface area is 332 Å². The fraction of sp³-hybridized carbons (Fsp3) is 0.132. The Hall–Kier alpha value is -6.78. The zero-order chi connectivity index (χ0) is 37.9. The van der Waals surface area contributed by atoms with E-state index in [1.54, 1.807) is 0 Å². The summed E-state index contributed by atoms with van der Waals surface area (Å²) in [4.78, 5) is 10.5. The summed E-state index contributed by atoms with van der Waals surface area (Å²) in [7, 11) is 0. The van der Waals surface area contributed by atoms with Crippen molar-refractivity contribution >= 4 is 40.1 Å². The Morgan fingerprint density at radius 1 is 0.702 bits per heavy atom. The van der Waals surface area contributed by atoms with Gasteiger partial charge in [0.25, 0.3) is 0 Å². The second-order valence-corrected chi connectivity index (χ2v) is 15.7. The van der Waals surface area contributed by atoms with Crippen LogP contribution in [0.15, 0.2) is 168 Å². The van der Waals surface area contributed by atoms with E-state index in [1.807, 2.05) is 6.07 Å². The van der Waals surface area contributed by atoms with Gasteiger partial charge in [0.05, 0.1) is 17.4 Å². The topological polar surface area (TPSA) is 43.9 Å². The molecule has 0 saturated heterocycles. The fourth-order valence-electron chi connectivity index (χ4n) is 9.35. The molecule has 57 heavy (non-hydrogen) atoms. The average molecular weight is 736 g/mol. The zero-order valence-electron chi connectivity index (χ0n) is 31.8. The molecule has 0 radical (unpaired) electrons. The van der Waals surface area contributed by atoms with Gasteiger partial charge in [0.15, 0.2) is 5.82 Å². The van der Waals surface area contributed by atoms with Crippen molar-refractivity contribution in [1.82, 2.24) is 14.5 Å². The van der Waals surface area contributed by atoms with Gasteiger partial charge >= 0.3 is 0 Å². The van der Waals surface area contributed by atoms with Crippen LogP contribution in [0.1, 0.15) is 53.7 Å². The highest BCUT2D eigenvalue weighted by atomic mass is 16.3. The Kier molecular flexibility index (Phi) is 8.10. The van der Waals surface area contributed by atoms with Gasteiger partial charge in [0.2, 0.25) is 0 Å². The van der Waals surface area contributed by atoms with Gasteiger partial charge in [-0.3, -0.25) is 0 Å². The van der Waals surface area contributed by atoms with Gasteiger partial charge < -0.3 is 8.98 Å². The van der Waals surface area contributed by atoms with Crippen LogP contribution < -0.4 is 10.6 Å². The number of hydrogen-bond acceptors (Lipinski definition) is 3. The van der Waals surface area contributed by atoms with E-state index in [-0.39, 0.29) is 12.0 Å². The van der Waals surface area contributed by atoms with E-state index in [0.717, 1.165) is 62.8 Å². The van der Waals surface area contributed by atoms with Crippen LogP contribution in [0.25, 0.3) is 73.9 Å². The van der Waals surface area contributed by atoms with Gasteiger partial charge in [0, 0.05) is 50.2 Å². The van der Waals surface area contributed by atoms with Crippen molar-refractivity contribution in [2.45, 2.75) is 37.6 Å². The Balaban J connectivity index is 1.05. The predicted molar refractivity (Wildman–Crippen MR) is 234 cm³/mol. The van der Waals surface area contributed by atoms with Crippen molar-refractivity contribution in [3.05, 3.63) is 197 Å². The maximum absolute atomic E-state index is 6.77. The smallest absolute Gasteiger partial charge is 0.160 e. The summed E-state index contributed by atoms with van der Waals surface area (Å²) in [6, 6.07) is 47.7. The summed E-state index contributed by atoms with van der Waals surface area (Å²) in [5.74, 6) is 1.56. The standard InChI is InChI=1S/C53H41N3O/c1-34-14-11-12-21-41(34)47-33-46(37-19-9-4-10-20-37)54-53(55-47)43-22-13-23-50-52(43)42-27-26-40(32-51(42)57-50)56-48-28-24-38(35-15-5-2-6-16-35)30-44(48)45-31-39(25-29-49(45)56)36-17-7-3-8-18-36/h2-25,27-30,32-34,39-41H,26,31H2,1H3. The fourth-order valence-corrected chi connectivity index (χ4v) is 9.35. The Morgan fingerprint density at radius 2 is 1.47 bits per heavy atom. The second kappa shape index (κ2) is 13.8. The summed E-state index contributed by atoms with van der Waals surface area (Å²) in [5.41, 5.74) is 13.6. The van der Waals surface area contributed by atoms with Crippen LogP contribution in [-0.2, 0) is 6.42 Å². The molecule has 5 aromatic carbocycles. The normalized spacial score (nSPS) is 19.6. The molecule has 8 aromatic rings. The quantitative estimate of drug-likeness (QED) is 0.171. The molecule has 3 aromatic heterocycles. The molecule has 0 amide bonds. The summed E-state index contributed by atoms with van der Waals surface area (Å²) < 4.78 is 9.33. The Morgan fingerprint density at radius 3 is 2.28 bits per heavy atom. The maximum Gasteiger partial charge on any atom is 0.160 e. The maximum atomic E-state index is 6.77. The molecule has 274 valence electrons. The third kappa shape index (κ3) is 5.83. The minimum atomic E-state index is 0.0881. The first kappa shape index (κ1) is 33.5. The number of fused-ring (bicyclic) bond motifs is 6. The number of rotatable bonds is 6. The number of hydrogen-bond donors (Lipinski definition) is 0. The number of nitrogens with zero attached hydrogens (tertiary/aromatic N) is 3. The van der Waals surface area contributed by atoms with Crippen LogP contribution in [0.2, 0.25) is 0 Å². The molecule has 4 atom stereocenters. The van der Waals surface area contributed by atoms with Gasteiger partial charge in [0.1, 0.15) is 11.0 Å². The van der Waals surface area contributed by atoms with Gasteiger partial charge in [-0.25, -0.2) is 9.97 Å². The largest absolute Gasteiger partial charge is 0.456 e. The van der Waals surface area contributed by atoms with Crippen LogP contribution in [0.4, 0.5) is 0 Å². The van der Waals surface area contributed by atoms with Crippen molar-refractivity contribution in [3.63, 3.8) is 0 Å². The SMILES string of the molecule is CC1C=CC=CC1c1cc(-c2ccccc2)nc(-c2cccc3oc4c(c23)=CCC(n2c3c(c5cc(-c6ccccc6)ccc52)CC(c2ccccc2)C=C3)C=4)n1. The minimum absolute atomic E-state index is 0.0881. The van der Waals surface area contributed by atoms with Crippen LogP contribution in [0.3, 0.4) is 0 Å². The zero-order valence-corrected chi connectivity index (χ0v) is 31.8. The molecule has 4 heteroatoms. The molecule has 0 fully saturated rings. The van der Waals surface area contributed by atoms with E-state index in [9.17, 15) is 0 Å². The molecular formula is C53H41N3O. The van der Waals surface area contributed by atoms with Crippen LogP contribution in [0, 0.1) is 5.92 Å². The van der Waals surface area contributed by atoms with Crippen molar-refractivity contribution in [1.29, 1.82) is 0 Å². The summed E-state index contributed by atoms with van der Waals surface area (Å²) in [6.07, 6.45) is 20.1. The molecule has 3 aliphatic carbocycles. The predicted octanol–water partition coefficient (Wildman–Crippen LogP) is 11.6. The lowest BCUT2D eigenvalue weighted by atomic mass is 9.86. The third-order valence-electron chi connectivity index (χ3n) is 12.2. The van der Waals surface area contributed by atoms with Crippen molar-refractivity contribution in [2.75, 3.05) is 0 Å². The molecule has 0 N–H and O–H groups in total. The molecule has 0 saturated carbocycles. The average Bonchev–Trinajstić information content (AvgIpc) is 3.82. The second-order valence-electron chi connectivity index (χ2n) is 15.7. The molecule has 11 rings (SSSR count).